The fraction of sp³-hybridized carbons (Fsp3) is 0.429. The van der Waals surface area contributed by atoms with E-state index in [1.807, 2.05) is 10.5 Å². The molecule has 0 saturated heterocycles. The average Bonchev–Trinajstić information content (AvgIpc) is 3.42. The number of aromatic nitrogens is 3. The highest BCUT2D eigenvalue weighted by Gasteiger charge is 2.31. The lowest BCUT2D eigenvalue weighted by Gasteiger charge is -2.24. The van der Waals surface area contributed by atoms with Gasteiger partial charge in [0, 0.05) is 37.3 Å². The molecule has 0 unspecified atom stereocenters. The second kappa shape index (κ2) is 8.07. The van der Waals surface area contributed by atoms with E-state index in [-0.39, 0.29) is 5.03 Å². The van der Waals surface area contributed by atoms with Gasteiger partial charge in [0.05, 0.1) is 12.1 Å². The first-order chi connectivity index (χ1) is 14.3. The second-order valence-corrected chi connectivity index (χ2v) is 10.1. The van der Waals surface area contributed by atoms with Gasteiger partial charge in [-0.25, -0.2) is 13.4 Å². The minimum atomic E-state index is -3.55. The van der Waals surface area contributed by atoms with Crippen LogP contribution < -0.4 is 9.64 Å². The summed E-state index contributed by atoms with van der Waals surface area (Å²) in [5.74, 6) is 1.84. The zero-order valence-corrected chi connectivity index (χ0v) is 18.9. The maximum atomic E-state index is 12.7. The summed E-state index contributed by atoms with van der Waals surface area (Å²) >= 11 is 6.48. The number of ether oxygens (including phenoxy) is 1. The van der Waals surface area contributed by atoms with Crippen molar-refractivity contribution in [3.63, 3.8) is 0 Å². The van der Waals surface area contributed by atoms with Crippen LogP contribution in [0, 0.1) is 5.92 Å². The lowest BCUT2D eigenvalue weighted by Crippen LogP contribution is -2.29. The Kier molecular flexibility index (Phi) is 5.63. The van der Waals surface area contributed by atoms with Crippen molar-refractivity contribution in [1.29, 1.82) is 0 Å². The molecule has 1 saturated carbocycles. The minimum absolute atomic E-state index is 0.0792. The Morgan fingerprint density at radius 1 is 1.33 bits per heavy atom. The smallest absolute Gasteiger partial charge is 0.198 e. The molecular weight excluding hydrogens is 424 g/mol. The Bertz CT molecular complexity index is 1190. The van der Waals surface area contributed by atoms with Crippen LogP contribution in [0.1, 0.15) is 26.2 Å². The molecule has 0 aliphatic heterocycles. The molecule has 2 heterocycles. The Labute approximate surface area is 181 Å². The number of hydrogen-bond acceptors (Lipinski definition) is 6. The molecule has 3 aromatic rings. The maximum absolute atomic E-state index is 12.7. The van der Waals surface area contributed by atoms with Gasteiger partial charge in [0.1, 0.15) is 11.4 Å². The molecule has 1 aliphatic rings. The average molecular weight is 449 g/mol. The molecule has 0 radical (unpaired) electrons. The molecule has 0 spiro atoms. The van der Waals surface area contributed by atoms with Crippen LogP contribution in [-0.4, -0.2) is 49.2 Å². The molecule has 0 amide bonds. The highest BCUT2D eigenvalue weighted by atomic mass is 35.5. The van der Waals surface area contributed by atoms with Gasteiger partial charge in [0.25, 0.3) is 0 Å². The van der Waals surface area contributed by atoms with Crippen LogP contribution >= 0.6 is 11.6 Å². The standard InChI is InChI=1S/C21H25ClN4O3S/c1-4-10-25(13-14-5-6-14)21-20(30(3,27)28)24-19-18(23-9-11-26(19)21)16-8-7-15(29-2)12-17(16)22/h7-9,11-12,14H,4-6,10,13H2,1-3H3. The van der Waals surface area contributed by atoms with Crippen molar-refractivity contribution >= 4 is 32.9 Å². The van der Waals surface area contributed by atoms with E-state index in [1.54, 1.807) is 31.6 Å². The maximum Gasteiger partial charge on any atom is 0.198 e. The zero-order chi connectivity index (χ0) is 21.5. The van der Waals surface area contributed by atoms with Crippen molar-refractivity contribution in [2.45, 2.75) is 31.2 Å². The van der Waals surface area contributed by atoms with Crippen molar-refractivity contribution in [1.82, 2.24) is 14.4 Å². The van der Waals surface area contributed by atoms with Gasteiger partial charge in [-0.1, -0.05) is 18.5 Å². The van der Waals surface area contributed by atoms with E-state index in [0.717, 1.165) is 19.5 Å². The summed E-state index contributed by atoms with van der Waals surface area (Å²) in [6.07, 6.45) is 7.89. The first-order valence-electron chi connectivity index (χ1n) is 9.99. The van der Waals surface area contributed by atoms with Crippen molar-refractivity contribution in [3.05, 3.63) is 35.6 Å². The van der Waals surface area contributed by atoms with Gasteiger partial charge < -0.3 is 9.64 Å². The Morgan fingerprint density at radius 3 is 2.70 bits per heavy atom. The number of imidazole rings is 1. The highest BCUT2D eigenvalue weighted by molar-refractivity contribution is 7.90. The third kappa shape index (κ3) is 3.98. The molecule has 4 rings (SSSR count). The Morgan fingerprint density at radius 2 is 2.10 bits per heavy atom. The molecule has 0 bridgehead atoms. The first kappa shape index (κ1) is 20.9. The van der Waals surface area contributed by atoms with E-state index >= 15 is 0 Å². The van der Waals surface area contributed by atoms with Crippen LogP contribution in [0.2, 0.25) is 5.02 Å². The summed E-state index contributed by atoms with van der Waals surface area (Å²) < 4.78 is 32.4. The fourth-order valence-corrected chi connectivity index (χ4v) is 4.72. The number of fused-ring (bicyclic) bond motifs is 1. The van der Waals surface area contributed by atoms with Gasteiger partial charge in [-0.3, -0.25) is 9.38 Å². The van der Waals surface area contributed by atoms with E-state index in [9.17, 15) is 8.42 Å². The van der Waals surface area contributed by atoms with Crippen molar-refractivity contribution in [2.24, 2.45) is 5.92 Å². The van der Waals surface area contributed by atoms with Gasteiger partial charge in [-0.05, 0) is 43.4 Å². The van der Waals surface area contributed by atoms with Crippen LogP contribution in [0.25, 0.3) is 16.9 Å². The number of halogens is 1. The molecule has 7 nitrogen and oxygen atoms in total. The monoisotopic (exact) mass is 448 g/mol. The number of benzene rings is 1. The largest absolute Gasteiger partial charge is 0.497 e. The quantitative estimate of drug-likeness (QED) is 0.516. The molecule has 1 aromatic carbocycles. The summed E-state index contributed by atoms with van der Waals surface area (Å²) in [4.78, 5) is 11.2. The highest BCUT2D eigenvalue weighted by Crippen LogP contribution is 2.37. The summed E-state index contributed by atoms with van der Waals surface area (Å²) in [6, 6.07) is 5.32. The lowest BCUT2D eigenvalue weighted by atomic mass is 10.1. The first-order valence-corrected chi connectivity index (χ1v) is 12.3. The molecule has 0 N–H and O–H groups in total. The third-order valence-corrected chi connectivity index (χ3v) is 6.53. The molecule has 1 fully saturated rings. The van der Waals surface area contributed by atoms with Gasteiger partial charge in [-0.2, -0.15) is 0 Å². The molecule has 2 aromatic heterocycles. The predicted octanol–water partition coefficient (Wildman–Crippen LogP) is 4.09. The fourth-order valence-electron chi connectivity index (χ4n) is 3.65. The Balaban J connectivity index is 1.95. The second-order valence-electron chi connectivity index (χ2n) is 7.72. The van der Waals surface area contributed by atoms with Gasteiger partial charge >= 0.3 is 0 Å². The van der Waals surface area contributed by atoms with Crippen LogP contribution in [-0.2, 0) is 9.84 Å². The molecular formula is C21H25ClN4O3S. The number of methoxy groups -OCH3 is 1. The van der Waals surface area contributed by atoms with Crippen LogP contribution in [0.3, 0.4) is 0 Å². The molecule has 0 atom stereocenters. The van der Waals surface area contributed by atoms with E-state index in [2.05, 4.69) is 21.8 Å². The molecule has 160 valence electrons. The van der Waals surface area contributed by atoms with Gasteiger partial charge in [0.15, 0.2) is 26.3 Å². The van der Waals surface area contributed by atoms with Crippen molar-refractivity contribution in [2.75, 3.05) is 31.4 Å². The number of nitrogens with zero attached hydrogens (tertiary/aromatic N) is 4. The molecule has 9 heteroatoms. The normalized spacial score (nSPS) is 14.3. The van der Waals surface area contributed by atoms with Crippen molar-refractivity contribution in [3.8, 4) is 17.0 Å². The number of anilines is 1. The summed E-state index contributed by atoms with van der Waals surface area (Å²) in [6.45, 7) is 3.67. The van der Waals surface area contributed by atoms with Crippen molar-refractivity contribution < 1.29 is 13.2 Å². The van der Waals surface area contributed by atoms with Gasteiger partial charge in [-0.15, -0.1) is 0 Å². The summed E-state index contributed by atoms with van der Waals surface area (Å²) in [5.41, 5.74) is 1.67. The number of sulfone groups is 1. The van der Waals surface area contributed by atoms with E-state index < -0.39 is 9.84 Å². The van der Waals surface area contributed by atoms with Crippen LogP contribution in [0.4, 0.5) is 5.82 Å². The Hall–Kier alpha value is -2.32. The minimum Gasteiger partial charge on any atom is -0.497 e. The number of hydrogen-bond donors (Lipinski definition) is 0. The third-order valence-electron chi connectivity index (χ3n) is 5.24. The van der Waals surface area contributed by atoms with E-state index in [0.29, 0.717) is 39.4 Å². The van der Waals surface area contributed by atoms with E-state index in [1.165, 1.54) is 19.1 Å². The van der Waals surface area contributed by atoms with E-state index in [4.69, 9.17) is 16.3 Å². The zero-order valence-electron chi connectivity index (χ0n) is 17.3. The lowest BCUT2D eigenvalue weighted by molar-refractivity contribution is 0.415. The topological polar surface area (TPSA) is 76.8 Å². The summed E-state index contributed by atoms with van der Waals surface area (Å²) in [5, 5.41) is 0.541. The number of rotatable bonds is 8. The summed E-state index contributed by atoms with van der Waals surface area (Å²) in [7, 11) is -1.97. The SMILES string of the molecule is CCCN(CC1CC1)c1c(S(C)(=O)=O)nc2c(-c3ccc(OC)cc3Cl)nccn12. The van der Waals surface area contributed by atoms with Gasteiger partial charge in [0.2, 0.25) is 0 Å². The molecule has 1 aliphatic carbocycles. The molecule has 30 heavy (non-hydrogen) atoms. The van der Waals surface area contributed by atoms with Crippen LogP contribution in [0.15, 0.2) is 35.6 Å². The predicted molar refractivity (Wildman–Crippen MR) is 118 cm³/mol. The van der Waals surface area contributed by atoms with Crippen LogP contribution in [0.5, 0.6) is 5.75 Å².